The first-order valence-corrected chi connectivity index (χ1v) is 9.58. The monoisotopic (exact) mass is 356 g/mol. The van der Waals surface area contributed by atoms with Gasteiger partial charge in [0.2, 0.25) is 5.91 Å². The lowest BCUT2D eigenvalue weighted by Gasteiger charge is -2.32. The number of nitrogens with zero attached hydrogens (tertiary/aromatic N) is 5. The molecule has 0 bridgehead atoms. The number of likely N-dealkylation sites (tertiary alicyclic amines) is 1. The SMILES string of the molecule is C#CCCC1(CCC(=O)N2CCC(Cc3nc(C(C)C)n[nH]3)CC2)N=N1. The summed E-state index contributed by atoms with van der Waals surface area (Å²) in [4.78, 5) is 19.0. The highest BCUT2D eigenvalue weighted by Crippen LogP contribution is 2.37. The van der Waals surface area contributed by atoms with Crippen LogP contribution in [0.5, 0.6) is 0 Å². The fourth-order valence-electron chi connectivity index (χ4n) is 3.45. The van der Waals surface area contributed by atoms with Gasteiger partial charge in [0.25, 0.3) is 0 Å². The average molecular weight is 356 g/mol. The molecule has 2 aliphatic heterocycles. The number of nitrogens with one attached hydrogen (secondary N) is 1. The number of hydrogen-bond acceptors (Lipinski definition) is 5. The van der Waals surface area contributed by atoms with Gasteiger partial charge in [0.1, 0.15) is 5.82 Å². The first kappa shape index (κ1) is 18.6. The molecule has 0 atom stereocenters. The molecule has 3 rings (SSSR count). The Balaban J connectivity index is 1.39. The molecule has 3 heterocycles. The van der Waals surface area contributed by atoms with Gasteiger partial charge in [-0.25, -0.2) is 4.98 Å². The van der Waals surface area contributed by atoms with Gasteiger partial charge in [0.15, 0.2) is 11.5 Å². The minimum Gasteiger partial charge on any atom is -0.343 e. The summed E-state index contributed by atoms with van der Waals surface area (Å²) in [7, 11) is 0. The summed E-state index contributed by atoms with van der Waals surface area (Å²) < 4.78 is 0. The van der Waals surface area contributed by atoms with Crippen molar-refractivity contribution in [2.24, 2.45) is 16.1 Å². The van der Waals surface area contributed by atoms with E-state index in [-0.39, 0.29) is 11.6 Å². The Labute approximate surface area is 155 Å². The Bertz CT molecular complexity index is 687. The Morgan fingerprint density at radius 2 is 2.08 bits per heavy atom. The van der Waals surface area contributed by atoms with Gasteiger partial charge in [-0.1, -0.05) is 13.8 Å². The summed E-state index contributed by atoms with van der Waals surface area (Å²) in [5, 5.41) is 15.5. The number of rotatable bonds is 8. The number of hydrogen-bond donors (Lipinski definition) is 1. The van der Waals surface area contributed by atoms with E-state index in [4.69, 9.17) is 6.42 Å². The minimum atomic E-state index is -0.360. The average Bonchev–Trinajstić information content (AvgIpc) is 3.26. The van der Waals surface area contributed by atoms with Crippen molar-refractivity contribution in [3.05, 3.63) is 11.6 Å². The fraction of sp³-hybridized carbons (Fsp3) is 0.737. The molecule has 26 heavy (non-hydrogen) atoms. The molecule has 0 aliphatic carbocycles. The number of aromatic amines is 1. The van der Waals surface area contributed by atoms with Crippen LogP contribution in [0.4, 0.5) is 0 Å². The van der Waals surface area contributed by atoms with E-state index >= 15 is 0 Å². The normalized spacial score (nSPS) is 18.9. The summed E-state index contributed by atoms with van der Waals surface area (Å²) in [6, 6.07) is 0. The number of carbonyl (C=O) groups is 1. The predicted octanol–water partition coefficient (Wildman–Crippen LogP) is 3.06. The van der Waals surface area contributed by atoms with Crippen LogP contribution < -0.4 is 0 Å². The summed E-state index contributed by atoms with van der Waals surface area (Å²) in [6.07, 6.45) is 10.8. The van der Waals surface area contributed by atoms with E-state index in [0.717, 1.165) is 50.4 Å². The van der Waals surface area contributed by atoms with Crippen LogP contribution >= 0.6 is 0 Å². The maximum Gasteiger partial charge on any atom is 0.222 e. The summed E-state index contributed by atoms with van der Waals surface area (Å²) in [6.45, 7) is 5.83. The van der Waals surface area contributed by atoms with Crippen LogP contribution in [-0.2, 0) is 11.2 Å². The van der Waals surface area contributed by atoms with Crippen molar-refractivity contribution in [3.8, 4) is 12.3 Å². The highest BCUT2D eigenvalue weighted by atomic mass is 16.2. The number of aromatic nitrogens is 3. The molecule has 0 spiro atoms. The molecule has 1 fully saturated rings. The van der Waals surface area contributed by atoms with E-state index < -0.39 is 0 Å². The molecule has 1 saturated heterocycles. The van der Waals surface area contributed by atoms with Crippen molar-refractivity contribution in [1.29, 1.82) is 0 Å². The minimum absolute atomic E-state index is 0.211. The van der Waals surface area contributed by atoms with Crippen molar-refractivity contribution >= 4 is 5.91 Å². The van der Waals surface area contributed by atoms with Crippen molar-refractivity contribution in [3.63, 3.8) is 0 Å². The Hall–Kier alpha value is -2.23. The van der Waals surface area contributed by atoms with E-state index in [2.05, 4.69) is 45.2 Å². The Kier molecular flexibility index (Phi) is 5.70. The van der Waals surface area contributed by atoms with Gasteiger partial charge in [-0.3, -0.25) is 9.89 Å². The van der Waals surface area contributed by atoms with Crippen LogP contribution in [0.15, 0.2) is 10.2 Å². The maximum absolute atomic E-state index is 12.5. The Morgan fingerprint density at radius 1 is 1.35 bits per heavy atom. The third kappa shape index (κ3) is 4.69. The molecule has 0 aromatic carbocycles. The van der Waals surface area contributed by atoms with E-state index in [9.17, 15) is 4.79 Å². The predicted molar refractivity (Wildman–Crippen MR) is 98.4 cm³/mol. The second kappa shape index (κ2) is 7.98. The van der Waals surface area contributed by atoms with Gasteiger partial charge >= 0.3 is 0 Å². The molecular formula is C19H28N6O. The highest BCUT2D eigenvalue weighted by Gasteiger charge is 2.39. The van der Waals surface area contributed by atoms with E-state index in [1.54, 1.807) is 0 Å². The molecular weight excluding hydrogens is 328 g/mol. The first-order valence-electron chi connectivity index (χ1n) is 9.58. The van der Waals surface area contributed by atoms with E-state index in [1.165, 1.54) is 0 Å². The van der Waals surface area contributed by atoms with E-state index in [0.29, 0.717) is 31.1 Å². The van der Waals surface area contributed by atoms with Crippen LogP contribution in [0.1, 0.15) is 69.9 Å². The zero-order valence-corrected chi connectivity index (χ0v) is 15.7. The number of H-pyrrole nitrogens is 1. The van der Waals surface area contributed by atoms with Crippen LogP contribution in [0.25, 0.3) is 0 Å². The van der Waals surface area contributed by atoms with Gasteiger partial charge in [-0.15, -0.1) is 12.3 Å². The molecule has 0 radical (unpaired) electrons. The second-order valence-corrected chi connectivity index (χ2v) is 7.71. The van der Waals surface area contributed by atoms with Crippen molar-refractivity contribution in [2.75, 3.05) is 13.1 Å². The molecule has 0 unspecified atom stereocenters. The number of carbonyl (C=O) groups excluding carboxylic acids is 1. The fourth-order valence-corrected chi connectivity index (χ4v) is 3.45. The highest BCUT2D eigenvalue weighted by molar-refractivity contribution is 5.76. The van der Waals surface area contributed by atoms with Crippen LogP contribution in [0.2, 0.25) is 0 Å². The zero-order valence-electron chi connectivity index (χ0n) is 15.7. The van der Waals surface area contributed by atoms with Crippen LogP contribution in [0.3, 0.4) is 0 Å². The molecule has 1 amide bonds. The lowest BCUT2D eigenvalue weighted by Crippen LogP contribution is -2.39. The van der Waals surface area contributed by atoms with Crippen molar-refractivity contribution in [2.45, 2.75) is 70.4 Å². The van der Waals surface area contributed by atoms with E-state index in [1.807, 2.05) is 4.90 Å². The maximum atomic E-state index is 12.5. The first-order chi connectivity index (χ1) is 12.5. The summed E-state index contributed by atoms with van der Waals surface area (Å²) >= 11 is 0. The number of piperidine rings is 1. The van der Waals surface area contributed by atoms with Crippen LogP contribution in [0, 0.1) is 18.3 Å². The summed E-state index contributed by atoms with van der Waals surface area (Å²) in [5.74, 6) is 5.57. The van der Waals surface area contributed by atoms with Gasteiger partial charge in [0.05, 0.1) is 0 Å². The molecule has 1 N–H and O–H groups in total. The third-order valence-corrected chi connectivity index (χ3v) is 5.31. The lowest BCUT2D eigenvalue weighted by molar-refractivity contribution is -0.132. The van der Waals surface area contributed by atoms with Gasteiger partial charge in [-0.2, -0.15) is 15.3 Å². The molecule has 7 nitrogen and oxygen atoms in total. The van der Waals surface area contributed by atoms with Crippen molar-refractivity contribution in [1.82, 2.24) is 20.1 Å². The Morgan fingerprint density at radius 3 is 2.65 bits per heavy atom. The smallest absolute Gasteiger partial charge is 0.222 e. The molecule has 7 heteroatoms. The van der Waals surface area contributed by atoms with Gasteiger partial charge in [-0.05, 0) is 18.8 Å². The van der Waals surface area contributed by atoms with Gasteiger partial charge in [0, 0.05) is 51.1 Å². The standard InChI is InChI=1S/C19H28N6O/c1-4-5-9-19(23-24-19)10-6-17(26)25-11-7-15(8-12-25)13-16-20-18(14(2)3)22-21-16/h1,14-15H,5-13H2,2-3H3,(H,20,21,22). The zero-order chi connectivity index (χ0) is 18.6. The van der Waals surface area contributed by atoms with Crippen molar-refractivity contribution < 1.29 is 4.79 Å². The molecule has 1 aromatic heterocycles. The lowest BCUT2D eigenvalue weighted by atomic mass is 9.93. The second-order valence-electron chi connectivity index (χ2n) is 7.71. The number of terminal acetylenes is 1. The third-order valence-electron chi connectivity index (χ3n) is 5.31. The summed E-state index contributed by atoms with van der Waals surface area (Å²) in [5.41, 5.74) is -0.360. The molecule has 0 saturated carbocycles. The topological polar surface area (TPSA) is 86.6 Å². The molecule has 2 aliphatic rings. The quantitative estimate of drug-likeness (QED) is 0.726. The number of amides is 1. The molecule has 1 aromatic rings. The van der Waals surface area contributed by atoms with Crippen LogP contribution in [-0.4, -0.2) is 44.7 Å². The van der Waals surface area contributed by atoms with Gasteiger partial charge < -0.3 is 4.90 Å². The molecule has 140 valence electrons. The largest absolute Gasteiger partial charge is 0.343 e.